The number of aliphatic imine (C=N–C) groups is 1. The van der Waals surface area contributed by atoms with Crippen molar-refractivity contribution in [2.45, 2.75) is 131 Å². The minimum absolute atomic E-state index is 0.123. The van der Waals surface area contributed by atoms with Crippen molar-refractivity contribution in [2.75, 3.05) is 0 Å². The second-order valence-electron chi connectivity index (χ2n) is 15.6. The summed E-state index contributed by atoms with van der Waals surface area (Å²) in [5, 5.41) is 2.75. The maximum Gasteiger partial charge on any atom is 0.325 e. The third kappa shape index (κ3) is 3.92. The molecule has 0 saturated heterocycles. The zero-order valence-corrected chi connectivity index (χ0v) is 33.4. The highest BCUT2D eigenvalue weighted by Gasteiger charge is 2.49. The molecule has 1 unspecified atom stereocenters. The Balaban J connectivity index is 1.75. The van der Waals surface area contributed by atoms with Crippen LogP contribution in [-0.4, -0.2) is 25.1 Å². The number of aryl methyl sites for hydroxylation is 3. The van der Waals surface area contributed by atoms with E-state index in [-0.39, 0.29) is 6.29 Å². The quantitative estimate of drug-likeness (QED) is 0.193. The molecule has 0 aliphatic carbocycles. The molecule has 2 aromatic carbocycles. The smallest absolute Gasteiger partial charge is 0.267 e. The molecule has 0 N–H and O–H groups in total. The number of aromatic nitrogens is 2. The van der Waals surface area contributed by atoms with Crippen LogP contribution in [0.3, 0.4) is 0 Å². The standard InChI is InChI=1S/C45H55N4/c1-19-21(3)27(9)39-37(25(19)7)35(17)48(43(39)31(13)41-29(11)23(5)33(15)46-41)45-47-34(16)24(6)30(12)42(47)32(14)44-40-28(10)22(4)20(2)26(8)38(40)36(18)49(44)45/h45H,1-18H3/q+1/b41-31-. The Labute approximate surface area is 294 Å². The van der Waals surface area contributed by atoms with Gasteiger partial charge in [-0.15, -0.1) is 0 Å². The van der Waals surface area contributed by atoms with Crippen LogP contribution >= 0.6 is 0 Å². The van der Waals surface area contributed by atoms with Crippen molar-refractivity contribution in [1.82, 2.24) is 9.13 Å². The molecule has 1 atom stereocenters. The van der Waals surface area contributed by atoms with Crippen LogP contribution in [-0.2, 0) is 0 Å². The molecule has 4 heteroatoms. The van der Waals surface area contributed by atoms with Crippen LogP contribution < -0.4 is 0 Å². The van der Waals surface area contributed by atoms with Crippen LogP contribution in [0.25, 0.3) is 27.6 Å². The van der Waals surface area contributed by atoms with Crippen molar-refractivity contribution in [3.8, 4) is 0 Å². The second-order valence-corrected chi connectivity index (χ2v) is 15.6. The van der Waals surface area contributed by atoms with Crippen molar-refractivity contribution in [2.24, 2.45) is 4.99 Å². The van der Waals surface area contributed by atoms with Gasteiger partial charge in [-0.2, -0.15) is 4.58 Å². The van der Waals surface area contributed by atoms with Crippen molar-refractivity contribution < 1.29 is 4.58 Å². The van der Waals surface area contributed by atoms with Gasteiger partial charge < -0.3 is 0 Å². The molecule has 7 rings (SSSR count). The van der Waals surface area contributed by atoms with E-state index < -0.39 is 0 Å². The van der Waals surface area contributed by atoms with E-state index in [9.17, 15) is 0 Å². The first kappa shape index (κ1) is 33.3. The first-order chi connectivity index (χ1) is 22.9. The summed E-state index contributed by atoms with van der Waals surface area (Å²) in [7, 11) is 0. The predicted octanol–water partition coefficient (Wildman–Crippen LogP) is 11.4. The van der Waals surface area contributed by atoms with Crippen molar-refractivity contribution in [3.63, 3.8) is 0 Å². The van der Waals surface area contributed by atoms with Gasteiger partial charge in [-0.3, -0.25) is 14.1 Å². The Bertz CT molecular complexity index is 2430. The SMILES string of the molecule is CC1=N/C(=C(/C)c2c3c(C)c(C)c(C)c(C)c3c(C)n2C2n3c(C)c(C)c(C)c3C(C)=C3c4c(C)c(C)c(C)c(C)c4C(C)=[N+]32)C(C)=C1C. The van der Waals surface area contributed by atoms with E-state index in [4.69, 9.17) is 4.99 Å². The third-order valence-electron chi connectivity index (χ3n) is 13.7. The highest BCUT2D eigenvalue weighted by molar-refractivity contribution is 6.10. The van der Waals surface area contributed by atoms with E-state index in [0.717, 1.165) is 11.4 Å². The van der Waals surface area contributed by atoms with Crippen molar-refractivity contribution in [1.29, 1.82) is 0 Å². The van der Waals surface area contributed by atoms with E-state index in [0.29, 0.717) is 0 Å². The maximum absolute atomic E-state index is 5.24. The molecule has 0 bridgehead atoms. The van der Waals surface area contributed by atoms with Gasteiger partial charge in [0.05, 0.1) is 28.2 Å². The molecule has 3 aliphatic rings. The summed E-state index contributed by atoms with van der Waals surface area (Å²) in [5.41, 5.74) is 32.1. The fraction of sp³-hybridized carbons (Fsp3) is 0.422. The van der Waals surface area contributed by atoms with Gasteiger partial charge in [-0.05, 0) is 190 Å². The minimum atomic E-state index is -0.123. The summed E-state index contributed by atoms with van der Waals surface area (Å²) in [6.07, 6.45) is -0.123. The van der Waals surface area contributed by atoms with Gasteiger partial charge in [0.2, 0.25) is 5.70 Å². The maximum atomic E-state index is 5.24. The van der Waals surface area contributed by atoms with Crippen LogP contribution in [0, 0.1) is 83.1 Å². The Morgan fingerprint density at radius 2 is 1.04 bits per heavy atom. The van der Waals surface area contributed by atoms with Gasteiger partial charge >= 0.3 is 6.29 Å². The van der Waals surface area contributed by atoms with Crippen LogP contribution in [0.1, 0.15) is 137 Å². The van der Waals surface area contributed by atoms with Gasteiger partial charge in [0.1, 0.15) is 0 Å². The molecule has 2 aromatic heterocycles. The number of rotatable bonds is 2. The summed E-state index contributed by atoms with van der Waals surface area (Å²) in [6, 6.07) is 0. The fourth-order valence-corrected chi connectivity index (χ4v) is 9.70. The lowest BCUT2D eigenvalue weighted by Crippen LogP contribution is -2.37. The number of hydrogen-bond acceptors (Lipinski definition) is 1. The van der Waals surface area contributed by atoms with Crippen molar-refractivity contribution in [3.05, 3.63) is 106 Å². The summed E-state index contributed by atoms with van der Waals surface area (Å²) in [5.74, 6) is 0. The first-order valence-corrected chi connectivity index (χ1v) is 18.1. The molecule has 0 saturated carbocycles. The predicted molar refractivity (Wildman–Crippen MR) is 211 cm³/mol. The Morgan fingerprint density at radius 3 is 1.59 bits per heavy atom. The molecule has 0 radical (unpaired) electrons. The summed E-state index contributed by atoms with van der Waals surface area (Å²) >= 11 is 0. The molecule has 0 spiro atoms. The molecule has 3 aliphatic heterocycles. The summed E-state index contributed by atoms with van der Waals surface area (Å²) in [4.78, 5) is 5.24. The molecular weight excluding hydrogens is 597 g/mol. The first-order valence-electron chi connectivity index (χ1n) is 18.1. The molecule has 0 fully saturated rings. The number of nitrogens with zero attached hydrogens (tertiary/aromatic N) is 4. The molecule has 5 heterocycles. The van der Waals surface area contributed by atoms with Gasteiger partial charge in [0.15, 0.2) is 5.71 Å². The molecule has 254 valence electrons. The van der Waals surface area contributed by atoms with Gasteiger partial charge in [-0.25, -0.2) is 0 Å². The summed E-state index contributed by atoms with van der Waals surface area (Å²) < 4.78 is 8.07. The number of allylic oxidation sites excluding steroid dienone is 4. The zero-order valence-electron chi connectivity index (χ0n) is 33.4. The monoisotopic (exact) mass is 651 g/mol. The largest absolute Gasteiger partial charge is 0.325 e. The van der Waals surface area contributed by atoms with Gasteiger partial charge in [-0.1, -0.05) is 0 Å². The Kier molecular flexibility index (Phi) is 7.25. The van der Waals surface area contributed by atoms with E-state index in [1.165, 1.54) is 134 Å². The molecule has 4 nitrogen and oxygen atoms in total. The number of fused-ring (bicyclic) bond motifs is 5. The van der Waals surface area contributed by atoms with E-state index in [2.05, 4.69) is 138 Å². The average molecular weight is 652 g/mol. The highest BCUT2D eigenvalue weighted by atomic mass is 15.4. The van der Waals surface area contributed by atoms with Crippen LogP contribution in [0.5, 0.6) is 0 Å². The van der Waals surface area contributed by atoms with E-state index in [1.807, 2.05) is 0 Å². The van der Waals surface area contributed by atoms with E-state index in [1.54, 1.807) is 0 Å². The fourth-order valence-electron chi connectivity index (χ4n) is 9.70. The molecule has 49 heavy (non-hydrogen) atoms. The Morgan fingerprint density at radius 1 is 0.510 bits per heavy atom. The average Bonchev–Trinajstić information content (AvgIpc) is 3.71. The topological polar surface area (TPSA) is 25.2 Å². The van der Waals surface area contributed by atoms with Crippen molar-refractivity contribution >= 4 is 39.0 Å². The molecule has 0 amide bonds. The lowest BCUT2D eigenvalue weighted by atomic mass is 9.86. The van der Waals surface area contributed by atoms with E-state index >= 15 is 0 Å². The lowest BCUT2D eigenvalue weighted by molar-refractivity contribution is -0.512. The third-order valence-corrected chi connectivity index (χ3v) is 13.7. The van der Waals surface area contributed by atoms with Gasteiger partial charge in [0, 0.05) is 40.4 Å². The number of hydrogen-bond donors (Lipinski definition) is 0. The highest BCUT2D eigenvalue weighted by Crippen LogP contribution is 2.51. The number of benzene rings is 2. The second kappa shape index (κ2) is 10.7. The summed E-state index contributed by atoms with van der Waals surface area (Å²) in [6.45, 7) is 41.6. The van der Waals surface area contributed by atoms with Crippen LogP contribution in [0.2, 0.25) is 0 Å². The zero-order chi connectivity index (χ0) is 36.0. The normalized spacial score (nSPS) is 18.3. The molecular formula is C45H55N4+. The Hall–Kier alpha value is -4.18. The van der Waals surface area contributed by atoms with Gasteiger partial charge in [0.25, 0.3) is 0 Å². The van der Waals surface area contributed by atoms with Crippen LogP contribution in [0.15, 0.2) is 21.8 Å². The van der Waals surface area contributed by atoms with Crippen LogP contribution in [0.4, 0.5) is 0 Å². The lowest BCUT2D eigenvalue weighted by Gasteiger charge is -2.30. The molecule has 4 aromatic rings. The minimum Gasteiger partial charge on any atom is -0.267 e.